The number of ether oxygens (including phenoxy) is 2. The van der Waals surface area contributed by atoms with Crippen LogP contribution >= 0.6 is 0 Å². The molecule has 2 amide bonds. The minimum atomic E-state index is -0.780. The first-order valence-electron chi connectivity index (χ1n) is 12.1. The Hall–Kier alpha value is -4.02. The van der Waals surface area contributed by atoms with Crippen molar-refractivity contribution in [2.45, 2.75) is 46.2 Å². The molecule has 2 aromatic carbocycles. The van der Waals surface area contributed by atoms with Crippen LogP contribution in [0, 0.1) is 11.7 Å². The number of nitrogens with one attached hydrogen (secondary N) is 1. The van der Waals surface area contributed by atoms with Gasteiger partial charge in [0.1, 0.15) is 18.4 Å². The number of methoxy groups -OCH3 is 2. The lowest BCUT2D eigenvalue weighted by Crippen LogP contribution is -2.51. The third kappa shape index (κ3) is 7.02. The average molecular weight is 513 g/mol. The highest BCUT2D eigenvalue weighted by atomic mass is 19.1. The fourth-order valence-electron chi connectivity index (χ4n) is 3.78. The van der Waals surface area contributed by atoms with Gasteiger partial charge < -0.3 is 14.8 Å². The number of anilines is 1. The molecule has 1 aromatic heterocycles. The van der Waals surface area contributed by atoms with Crippen LogP contribution in [0.1, 0.15) is 33.6 Å². The van der Waals surface area contributed by atoms with Crippen molar-refractivity contribution in [3.63, 3.8) is 0 Å². The summed E-state index contributed by atoms with van der Waals surface area (Å²) in [5.41, 5.74) is 1.03. The van der Waals surface area contributed by atoms with E-state index in [1.54, 1.807) is 18.2 Å². The summed E-state index contributed by atoms with van der Waals surface area (Å²) >= 11 is 0. The maximum Gasteiger partial charge on any atom is 0.251 e. The molecule has 3 rings (SSSR count). The van der Waals surface area contributed by atoms with Crippen molar-refractivity contribution in [2.75, 3.05) is 25.7 Å². The van der Waals surface area contributed by atoms with Crippen LogP contribution in [0.2, 0.25) is 0 Å². The number of nitrogens with zero attached hydrogens (tertiary/aromatic N) is 5. The molecule has 0 radical (unpaired) electrons. The summed E-state index contributed by atoms with van der Waals surface area (Å²) in [4.78, 5) is 29.4. The Kier molecular flexibility index (Phi) is 9.53. The molecular weight excluding hydrogens is 479 g/mol. The van der Waals surface area contributed by atoms with Gasteiger partial charge in [0.2, 0.25) is 11.7 Å². The lowest BCUT2D eigenvalue weighted by atomic mass is 10.1. The second kappa shape index (κ2) is 12.8. The van der Waals surface area contributed by atoms with Crippen LogP contribution in [-0.2, 0) is 16.1 Å². The summed E-state index contributed by atoms with van der Waals surface area (Å²) in [7, 11) is 3.02. The Morgan fingerprint density at radius 2 is 1.78 bits per heavy atom. The van der Waals surface area contributed by atoms with Crippen molar-refractivity contribution in [1.82, 2.24) is 25.5 Å². The average Bonchev–Trinajstić information content (AvgIpc) is 3.35. The maximum absolute atomic E-state index is 13.6. The molecular formula is C26H33FN6O4. The number of rotatable bonds is 12. The molecule has 198 valence electrons. The van der Waals surface area contributed by atoms with Crippen molar-refractivity contribution in [3.05, 3.63) is 48.3 Å². The van der Waals surface area contributed by atoms with Gasteiger partial charge in [0.15, 0.2) is 11.5 Å². The van der Waals surface area contributed by atoms with Gasteiger partial charge >= 0.3 is 0 Å². The standard InChI is InChI=1S/C26H33FN6O4/c1-6-21(26(35)28-14-13-17(2)3)33(20-11-12-22(36-4)23(15-20)37-5)24(34)16-32-30-25(29-31-32)18-7-9-19(27)10-8-18/h7-12,15,17,21H,6,13-14,16H2,1-5H3,(H,28,35)/t21-/m0/s1. The van der Waals surface area contributed by atoms with E-state index in [1.165, 1.54) is 43.4 Å². The van der Waals surface area contributed by atoms with E-state index in [0.29, 0.717) is 41.6 Å². The summed E-state index contributed by atoms with van der Waals surface area (Å²) in [6.07, 6.45) is 1.20. The Labute approximate surface area is 215 Å². The zero-order valence-corrected chi connectivity index (χ0v) is 21.8. The van der Waals surface area contributed by atoms with Gasteiger partial charge in [-0.25, -0.2) is 4.39 Å². The fraction of sp³-hybridized carbons (Fsp3) is 0.423. The van der Waals surface area contributed by atoms with Gasteiger partial charge in [-0.2, -0.15) is 4.80 Å². The molecule has 0 saturated heterocycles. The van der Waals surface area contributed by atoms with E-state index >= 15 is 0 Å². The quantitative estimate of drug-likeness (QED) is 0.396. The molecule has 0 unspecified atom stereocenters. The predicted octanol–water partition coefficient (Wildman–Crippen LogP) is 3.47. The molecule has 0 saturated carbocycles. The van der Waals surface area contributed by atoms with Gasteiger partial charge in [-0.1, -0.05) is 20.8 Å². The summed E-state index contributed by atoms with van der Waals surface area (Å²) in [5.74, 6) is 0.544. The Balaban J connectivity index is 1.91. The topological polar surface area (TPSA) is 111 Å². The minimum absolute atomic E-state index is 0.254. The molecule has 1 heterocycles. The summed E-state index contributed by atoms with van der Waals surface area (Å²) in [6.45, 7) is 6.24. The van der Waals surface area contributed by atoms with E-state index in [4.69, 9.17) is 9.47 Å². The number of hydrogen-bond acceptors (Lipinski definition) is 7. The van der Waals surface area contributed by atoms with Crippen LogP contribution in [0.4, 0.5) is 10.1 Å². The first-order chi connectivity index (χ1) is 17.8. The molecule has 0 spiro atoms. The van der Waals surface area contributed by atoms with E-state index in [2.05, 4.69) is 34.6 Å². The second-order valence-electron chi connectivity index (χ2n) is 8.85. The van der Waals surface area contributed by atoms with Crippen LogP contribution in [0.15, 0.2) is 42.5 Å². The predicted molar refractivity (Wildman–Crippen MR) is 137 cm³/mol. The van der Waals surface area contributed by atoms with Gasteiger partial charge in [0, 0.05) is 23.9 Å². The number of carbonyl (C=O) groups excluding carboxylic acids is 2. The number of tetrazole rings is 1. The Morgan fingerprint density at radius 1 is 1.08 bits per heavy atom. The SMILES string of the molecule is CC[C@@H](C(=O)NCCC(C)C)N(C(=O)Cn1nnc(-c2ccc(F)cc2)n1)c1ccc(OC)c(OC)c1. The molecule has 1 atom stereocenters. The van der Waals surface area contributed by atoms with Gasteiger partial charge in [0.25, 0.3) is 5.91 Å². The third-order valence-electron chi connectivity index (χ3n) is 5.77. The van der Waals surface area contributed by atoms with E-state index in [-0.39, 0.29) is 24.1 Å². The smallest absolute Gasteiger partial charge is 0.251 e. The van der Waals surface area contributed by atoms with Gasteiger partial charge in [-0.05, 0) is 60.4 Å². The Morgan fingerprint density at radius 3 is 2.41 bits per heavy atom. The zero-order valence-electron chi connectivity index (χ0n) is 21.8. The summed E-state index contributed by atoms with van der Waals surface area (Å²) < 4.78 is 24.0. The molecule has 0 aliphatic heterocycles. The molecule has 0 aliphatic carbocycles. The number of carbonyl (C=O) groups is 2. The van der Waals surface area contributed by atoms with E-state index in [1.807, 2.05) is 6.92 Å². The molecule has 10 nitrogen and oxygen atoms in total. The van der Waals surface area contributed by atoms with Gasteiger partial charge in [-0.3, -0.25) is 14.5 Å². The normalized spacial score (nSPS) is 11.8. The van der Waals surface area contributed by atoms with Gasteiger partial charge in [-0.15, -0.1) is 10.2 Å². The van der Waals surface area contributed by atoms with Crippen molar-refractivity contribution >= 4 is 17.5 Å². The molecule has 11 heteroatoms. The highest BCUT2D eigenvalue weighted by Crippen LogP contribution is 2.33. The molecule has 1 N–H and O–H groups in total. The molecule has 37 heavy (non-hydrogen) atoms. The monoisotopic (exact) mass is 512 g/mol. The van der Waals surface area contributed by atoms with E-state index in [0.717, 1.165) is 11.2 Å². The second-order valence-corrected chi connectivity index (χ2v) is 8.85. The molecule has 0 bridgehead atoms. The first kappa shape index (κ1) is 27.6. The third-order valence-corrected chi connectivity index (χ3v) is 5.77. The van der Waals surface area contributed by atoms with E-state index in [9.17, 15) is 14.0 Å². The van der Waals surface area contributed by atoms with Gasteiger partial charge in [0.05, 0.1) is 14.2 Å². The Bertz CT molecular complexity index is 1200. The van der Waals surface area contributed by atoms with Crippen molar-refractivity contribution in [1.29, 1.82) is 0 Å². The van der Waals surface area contributed by atoms with Crippen LogP contribution in [-0.4, -0.2) is 58.8 Å². The van der Waals surface area contributed by atoms with Crippen molar-refractivity contribution in [2.24, 2.45) is 5.92 Å². The number of amides is 2. The van der Waals surface area contributed by atoms with Crippen LogP contribution in [0.5, 0.6) is 11.5 Å². The highest BCUT2D eigenvalue weighted by molar-refractivity contribution is 6.00. The molecule has 3 aromatic rings. The maximum atomic E-state index is 13.6. The first-order valence-corrected chi connectivity index (χ1v) is 12.1. The fourth-order valence-corrected chi connectivity index (χ4v) is 3.78. The van der Waals surface area contributed by atoms with Crippen LogP contribution in [0.3, 0.4) is 0 Å². The lowest BCUT2D eigenvalue weighted by Gasteiger charge is -2.31. The largest absolute Gasteiger partial charge is 0.493 e. The number of aromatic nitrogens is 4. The number of benzene rings is 2. The zero-order chi connectivity index (χ0) is 26.9. The van der Waals surface area contributed by atoms with Crippen molar-refractivity contribution in [3.8, 4) is 22.9 Å². The molecule has 0 aliphatic rings. The summed E-state index contributed by atoms with van der Waals surface area (Å²) in [6, 6.07) is 9.90. The molecule has 0 fully saturated rings. The minimum Gasteiger partial charge on any atom is -0.493 e. The lowest BCUT2D eigenvalue weighted by molar-refractivity contribution is -0.127. The summed E-state index contributed by atoms with van der Waals surface area (Å²) in [5, 5.41) is 15.2. The number of hydrogen-bond donors (Lipinski definition) is 1. The van der Waals surface area contributed by atoms with E-state index < -0.39 is 11.9 Å². The number of halogens is 1. The van der Waals surface area contributed by atoms with Crippen molar-refractivity contribution < 1.29 is 23.5 Å². The highest BCUT2D eigenvalue weighted by Gasteiger charge is 2.31. The van der Waals surface area contributed by atoms with Crippen LogP contribution in [0.25, 0.3) is 11.4 Å². The van der Waals surface area contributed by atoms with Crippen LogP contribution < -0.4 is 19.7 Å².